The Labute approximate surface area is 176 Å². The van der Waals surface area contributed by atoms with Gasteiger partial charge in [-0.2, -0.15) is 0 Å². The average Bonchev–Trinajstić information content (AvgIpc) is 3.26. The van der Waals surface area contributed by atoms with Crippen LogP contribution in [0, 0.1) is 0 Å². The largest absolute Gasteiger partial charge is 0.462 e. The molecule has 0 aliphatic carbocycles. The van der Waals surface area contributed by atoms with Gasteiger partial charge in [-0.1, -0.05) is 24.8 Å². The van der Waals surface area contributed by atoms with E-state index in [0.717, 1.165) is 18.2 Å². The lowest BCUT2D eigenvalue weighted by Gasteiger charge is -2.07. The van der Waals surface area contributed by atoms with Crippen molar-refractivity contribution >= 4 is 46.1 Å². The van der Waals surface area contributed by atoms with Crippen LogP contribution in [0.5, 0.6) is 5.75 Å². The number of rotatable bonds is 10. The van der Waals surface area contributed by atoms with E-state index in [-0.39, 0.29) is 29.7 Å². The predicted octanol–water partition coefficient (Wildman–Crippen LogP) is 3.30. The molecule has 154 valence electrons. The van der Waals surface area contributed by atoms with Crippen molar-refractivity contribution in [3.8, 4) is 5.75 Å². The maximum Gasteiger partial charge on any atom is 0.338 e. The fourth-order valence-electron chi connectivity index (χ4n) is 2.07. The zero-order chi connectivity index (χ0) is 21.1. The van der Waals surface area contributed by atoms with Gasteiger partial charge in [-0.3, -0.25) is 9.59 Å². The van der Waals surface area contributed by atoms with E-state index < -0.39 is 11.9 Å². The molecule has 0 aliphatic rings. The molecule has 1 amide bonds. The summed E-state index contributed by atoms with van der Waals surface area (Å²) >= 11 is 2.42. The molecule has 1 aromatic heterocycles. The van der Waals surface area contributed by atoms with Gasteiger partial charge in [-0.15, -0.1) is 11.3 Å². The van der Waals surface area contributed by atoms with Gasteiger partial charge in [0.1, 0.15) is 12.3 Å². The van der Waals surface area contributed by atoms with Crippen LogP contribution >= 0.6 is 23.1 Å². The summed E-state index contributed by atoms with van der Waals surface area (Å²) in [5.41, 5.74) is 0.362. The fraction of sp³-hybridized carbons (Fsp3) is 0.300. The molecule has 0 saturated carbocycles. The van der Waals surface area contributed by atoms with E-state index in [9.17, 15) is 19.2 Å². The second kappa shape index (κ2) is 12.0. The Bertz CT molecular complexity index is 833. The summed E-state index contributed by atoms with van der Waals surface area (Å²) in [5.74, 6) is -0.835. The Hall–Kier alpha value is -2.65. The van der Waals surface area contributed by atoms with Crippen LogP contribution < -0.4 is 10.1 Å². The smallest absolute Gasteiger partial charge is 0.338 e. The lowest BCUT2D eigenvalue weighted by atomic mass is 10.2. The normalized spacial score (nSPS) is 10.2. The summed E-state index contributed by atoms with van der Waals surface area (Å²) in [6.07, 6.45) is 0.848. The molecule has 2 aromatic rings. The molecule has 2 rings (SSSR count). The van der Waals surface area contributed by atoms with Crippen LogP contribution in [-0.2, 0) is 14.3 Å². The Morgan fingerprint density at radius 3 is 2.52 bits per heavy atom. The van der Waals surface area contributed by atoms with E-state index >= 15 is 0 Å². The molecular weight excluding hydrogens is 414 g/mol. The number of thiophene rings is 1. The van der Waals surface area contributed by atoms with Gasteiger partial charge >= 0.3 is 11.9 Å². The topological polar surface area (TPSA) is 98.8 Å². The molecule has 1 N–H and O–H groups in total. The maximum atomic E-state index is 11.8. The third-order valence-corrected chi connectivity index (χ3v) is 5.36. The molecule has 0 saturated heterocycles. The van der Waals surface area contributed by atoms with Crippen molar-refractivity contribution in [2.75, 3.05) is 18.9 Å². The van der Waals surface area contributed by atoms with E-state index in [1.165, 1.54) is 35.6 Å². The van der Waals surface area contributed by atoms with E-state index in [2.05, 4.69) is 5.32 Å². The third kappa shape index (κ3) is 8.08. The molecule has 0 radical (unpaired) electrons. The number of ether oxygens (including phenoxy) is 2. The highest BCUT2D eigenvalue weighted by molar-refractivity contribution is 8.14. The molecular formula is C20H21NO6S2. The van der Waals surface area contributed by atoms with Gasteiger partial charge in [0.05, 0.1) is 17.0 Å². The molecule has 0 unspecified atom stereocenters. The minimum Gasteiger partial charge on any atom is -0.462 e. The van der Waals surface area contributed by atoms with Crippen molar-refractivity contribution in [2.45, 2.75) is 19.8 Å². The Balaban J connectivity index is 1.66. The van der Waals surface area contributed by atoms with Crippen molar-refractivity contribution in [3.05, 3.63) is 52.2 Å². The van der Waals surface area contributed by atoms with Crippen LogP contribution in [0.15, 0.2) is 41.8 Å². The van der Waals surface area contributed by atoms with Gasteiger partial charge in [0, 0.05) is 12.2 Å². The number of hydrogen-bond donors (Lipinski definition) is 1. The van der Waals surface area contributed by atoms with Crippen LogP contribution in [-0.4, -0.2) is 41.9 Å². The summed E-state index contributed by atoms with van der Waals surface area (Å²) in [5, 5.41) is 4.20. The Morgan fingerprint density at radius 2 is 1.86 bits per heavy atom. The van der Waals surface area contributed by atoms with Crippen LogP contribution in [0.2, 0.25) is 0 Å². The molecule has 1 aromatic carbocycles. The molecule has 0 atom stereocenters. The standard InChI is InChI=1S/C20H21NO6S2/c1-2-10-26-19(24)14-5-7-15(8-6-14)27-18(23)13-21-17(22)9-12-29-20(25)16-4-3-11-28-16/h3-8,11H,2,9-10,12-13H2,1H3,(H,21,22). The minimum absolute atomic E-state index is 0.0748. The molecule has 0 spiro atoms. The predicted molar refractivity (Wildman–Crippen MR) is 111 cm³/mol. The summed E-state index contributed by atoms with van der Waals surface area (Å²) in [6, 6.07) is 9.49. The molecule has 1 heterocycles. The van der Waals surface area contributed by atoms with Gasteiger partial charge in [-0.05, 0) is 42.1 Å². The van der Waals surface area contributed by atoms with Crippen LogP contribution in [0.4, 0.5) is 0 Å². The Kier molecular flexibility index (Phi) is 9.39. The zero-order valence-corrected chi connectivity index (χ0v) is 17.5. The van der Waals surface area contributed by atoms with Gasteiger partial charge in [0.25, 0.3) is 0 Å². The number of amides is 1. The van der Waals surface area contributed by atoms with E-state index in [0.29, 0.717) is 22.8 Å². The molecule has 0 aliphatic heterocycles. The van der Waals surface area contributed by atoms with Crippen LogP contribution in [0.1, 0.15) is 39.8 Å². The summed E-state index contributed by atoms with van der Waals surface area (Å²) in [4.78, 5) is 47.8. The second-order valence-corrected chi connectivity index (χ2v) is 7.79. The van der Waals surface area contributed by atoms with Crippen molar-refractivity contribution in [1.82, 2.24) is 5.32 Å². The summed E-state index contributed by atoms with van der Waals surface area (Å²) < 4.78 is 10.1. The lowest BCUT2D eigenvalue weighted by molar-refractivity contribution is -0.135. The first-order valence-corrected chi connectivity index (χ1v) is 10.8. The maximum absolute atomic E-state index is 11.8. The van der Waals surface area contributed by atoms with Crippen LogP contribution in [0.3, 0.4) is 0 Å². The summed E-state index contributed by atoms with van der Waals surface area (Å²) in [6.45, 7) is 1.96. The quantitative estimate of drug-likeness (QED) is 0.452. The number of thioether (sulfide) groups is 1. The number of benzene rings is 1. The average molecular weight is 436 g/mol. The number of esters is 2. The second-order valence-electron chi connectivity index (χ2n) is 5.77. The molecule has 9 heteroatoms. The minimum atomic E-state index is -0.637. The first-order chi connectivity index (χ1) is 14.0. The molecule has 29 heavy (non-hydrogen) atoms. The number of nitrogens with one attached hydrogen (secondary N) is 1. The lowest BCUT2D eigenvalue weighted by Crippen LogP contribution is -2.32. The number of hydrogen-bond acceptors (Lipinski definition) is 8. The monoisotopic (exact) mass is 435 g/mol. The fourth-order valence-corrected chi connectivity index (χ4v) is 3.63. The van der Waals surface area contributed by atoms with Crippen molar-refractivity contribution in [2.24, 2.45) is 0 Å². The Morgan fingerprint density at radius 1 is 1.10 bits per heavy atom. The number of carbonyl (C=O) groups is 4. The van der Waals surface area contributed by atoms with Gasteiger partial charge in [0.2, 0.25) is 11.0 Å². The van der Waals surface area contributed by atoms with Crippen molar-refractivity contribution < 1.29 is 28.7 Å². The third-order valence-electron chi connectivity index (χ3n) is 3.47. The molecule has 7 nitrogen and oxygen atoms in total. The van der Waals surface area contributed by atoms with Crippen LogP contribution in [0.25, 0.3) is 0 Å². The van der Waals surface area contributed by atoms with Crippen molar-refractivity contribution in [1.29, 1.82) is 0 Å². The van der Waals surface area contributed by atoms with E-state index in [1.807, 2.05) is 12.3 Å². The summed E-state index contributed by atoms with van der Waals surface area (Å²) in [7, 11) is 0. The highest BCUT2D eigenvalue weighted by Gasteiger charge is 2.12. The first kappa shape index (κ1) is 22.6. The van der Waals surface area contributed by atoms with Gasteiger partial charge < -0.3 is 14.8 Å². The first-order valence-electron chi connectivity index (χ1n) is 8.94. The van der Waals surface area contributed by atoms with Gasteiger partial charge in [-0.25, -0.2) is 9.59 Å². The number of carbonyl (C=O) groups excluding carboxylic acids is 4. The molecule has 0 bridgehead atoms. The highest BCUT2D eigenvalue weighted by Crippen LogP contribution is 2.18. The SMILES string of the molecule is CCCOC(=O)c1ccc(OC(=O)CNC(=O)CCSC(=O)c2cccs2)cc1. The van der Waals surface area contributed by atoms with Gasteiger partial charge in [0.15, 0.2) is 0 Å². The van der Waals surface area contributed by atoms with E-state index in [1.54, 1.807) is 12.1 Å². The zero-order valence-electron chi connectivity index (χ0n) is 15.8. The van der Waals surface area contributed by atoms with Crippen molar-refractivity contribution in [3.63, 3.8) is 0 Å². The highest BCUT2D eigenvalue weighted by atomic mass is 32.2. The molecule has 0 fully saturated rings. The van der Waals surface area contributed by atoms with E-state index in [4.69, 9.17) is 9.47 Å².